The monoisotopic (exact) mass is 282 g/mol. The highest BCUT2D eigenvalue weighted by Gasteiger charge is 2.21. The van der Waals surface area contributed by atoms with E-state index in [0.717, 1.165) is 5.56 Å². The molecule has 1 atom stereocenters. The summed E-state index contributed by atoms with van der Waals surface area (Å²) in [6, 6.07) is 5.32. The van der Waals surface area contributed by atoms with Crippen molar-refractivity contribution in [3.63, 3.8) is 0 Å². The summed E-state index contributed by atoms with van der Waals surface area (Å²) < 4.78 is 17.5. The lowest BCUT2D eigenvalue weighted by Gasteiger charge is -2.19. The van der Waals surface area contributed by atoms with E-state index in [0.29, 0.717) is 23.7 Å². The lowest BCUT2D eigenvalue weighted by Crippen LogP contribution is -2.23. The predicted molar refractivity (Wildman–Crippen MR) is 79.2 cm³/mol. The van der Waals surface area contributed by atoms with E-state index in [1.54, 1.807) is 18.2 Å². The molecule has 1 rings (SSSR count). The fourth-order valence-corrected chi connectivity index (χ4v) is 2.51. The van der Waals surface area contributed by atoms with Gasteiger partial charge in [0.1, 0.15) is 5.75 Å². The first-order valence-corrected chi connectivity index (χ1v) is 7.72. The fourth-order valence-electron chi connectivity index (χ4n) is 1.57. The summed E-state index contributed by atoms with van der Waals surface area (Å²) in [6.45, 7) is 9.81. The van der Waals surface area contributed by atoms with Crippen LogP contribution in [-0.4, -0.2) is 21.3 Å². The van der Waals surface area contributed by atoms with Crippen LogP contribution >= 0.6 is 0 Å². The van der Waals surface area contributed by atoms with Crippen LogP contribution < -0.4 is 4.74 Å². The average molecular weight is 282 g/mol. The van der Waals surface area contributed by atoms with Crippen LogP contribution in [0.4, 0.5) is 0 Å². The van der Waals surface area contributed by atoms with Crippen LogP contribution in [-0.2, 0) is 16.6 Å². The Bertz CT molecular complexity index is 487. The molecule has 0 aliphatic carbocycles. The van der Waals surface area contributed by atoms with Gasteiger partial charge in [-0.2, -0.15) is 0 Å². The molecule has 0 aliphatic heterocycles. The summed E-state index contributed by atoms with van der Waals surface area (Å²) in [4.78, 5) is 11.4. The lowest BCUT2D eigenvalue weighted by atomic mass is 10.1. The minimum absolute atomic E-state index is 0.00541. The van der Waals surface area contributed by atoms with Crippen molar-refractivity contribution in [2.45, 2.75) is 45.1 Å². The van der Waals surface area contributed by atoms with Gasteiger partial charge in [-0.1, -0.05) is 0 Å². The van der Waals surface area contributed by atoms with Gasteiger partial charge in [-0.15, -0.1) is 0 Å². The van der Waals surface area contributed by atoms with Gasteiger partial charge in [0, 0.05) is 26.7 Å². The molecule has 0 amide bonds. The van der Waals surface area contributed by atoms with Crippen molar-refractivity contribution in [1.82, 2.24) is 0 Å². The second-order valence-corrected chi connectivity index (χ2v) is 7.62. The standard InChI is InChI=1S/C15H22O3S/c1-6-18-14-8-7-12(11(2)16)9-13(14)10-19(17)15(3,4)5/h7-9H,6,10H2,1-5H3. The zero-order chi connectivity index (χ0) is 14.6. The molecule has 0 saturated heterocycles. The summed E-state index contributed by atoms with van der Waals surface area (Å²) >= 11 is 0. The number of hydrogen-bond acceptors (Lipinski definition) is 3. The van der Waals surface area contributed by atoms with Crippen molar-refractivity contribution in [1.29, 1.82) is 0 Å². The van der Waals surface area contributed by atoms with E-state index in [1.165, 1.54) is 6.92 Å². The Morgan fingerprint density at radius 2 is 1.95 bits per heavy atom. The first-order valence-electron chi connectivity index (χ1n) is 6.41. The molecule has 1 aromatic rings. The van der Waals surface area contributed by atoms with Crippen molar-refractivity contribution in [2.75, 3.05) is 6.61 Å². The van der Waals surface area contributed by atoms with Crippen molar-refractivity contribution in [3.8, 4) is 5.75 Å². The zero-order valence-electron chi connectivity index (χ0n) is 12.3. The van der Waals surface area contributed by atoms with E-state index >= 15 is 0 Å². The van der Waals surface area contributed by atoms with Crippen molar-refractivity contribution >= 4 is 16.6 Å². The molecule has 0 N–H and O–H groups in total. The molecule has 0 spiro atoms. The third-order valence-electron chi connectivity index (χ3n) is 2.74. The normalized spacial score (nSPS) is 13.1. The Hall–Kier alpha value is -1.16. The van der Waals surface area contributed by atoms with Gasteiger partial charge in [0.05, 0.1) is 12.4 Å². The maximum Gasteiger partial charge on any atom is 0.159 e. The van der Waals surface area contributed by atoms with Crippen LogP contribution in [0.2, 0.25) is 0 Å². The molecule has 1 unspecified atom stereocenters. The maximum absolute atomic E-state index is 12.2. The minimum atomic E-state index is -1.01. The van der Waals surface area contributed by atoms with Crippen LogP contribution in [0.5, 0.6) is 5.75 Å². The second kappa shape index (κ2) is 6.33. The molecule has 4 heteroatoms. The summed E-state index contributed by atoms with van der Waals surface area (Å²) in [5, 5.41) is 0. The minimum Gasteiger partial charge on any atom is -0.494 e. The number of Topliss-reactive ketones (excluding diaryl/α,β-unsaturated/α-hetero) is 1. The molecule has 1 aromatic carbocycles. The van der Waals surface area contributed by atoms with E-state index in [4.69, 9.17) is 4.74 Å². The quantitative estimate of drug-likeness (QED) is 0.778. The smallest absolute Gasteiger partial charge is 0.159 e. The Balaban J connectivity index is 3.10. The molecule has 0 saturated carbocycles. The molecule has 0 heterocycles. The lowest BCUT2D eigenvalue weighted by molar-refractivity contribution is 0.101. The molecular weight excluding hydrogens is 260 g/mol. The first kappa shape index (κ1) is 15.9. The molecule has 3 nitrogen and oxygen atoms in total. The summed E-state index contributed by atoms with van der Waals surface area (Å²) in [6.07, 6.45) is 0. The van der Waals surface area contributed by atoms with E-state index in [2.05, 4.69) is 0 Å². The third kappa shape index (κ3) is 4.46. The predicted octanol–water partition coefficient (Wildman–Crippen LogP) is 3.34. The SMILES string of the molecule is CCOc1ccc(C(C)=O)cc1CS(=O)C(C)(C)C. The van der Waals surface area contributed by atoms with Gasteiger partial charge in [0.2, 0.25) is 0 Å². The van der Waals surface area contributed by atoms with Gasteiger partial charge in [-0.25, -0.2) is 0 Å². The third-order valence-corrected chi connectivity index (χ3v) is 4.68. The van der Waals surface area contributed by atoms with Gasteiger partial charge < -0.3 is 4.74 Å². The number of carbonyl (C=O) groups is 1. The largest absolute Gasteiger partial charge is 0.494 e. The number of benzene rings is 1. The highest BCUT2D eigenvalue weighted by molar-refractivity contribution is 7.85. The Morgan fingerprint density at radius 3 is 2.42 bits per heavy atom. The van der Waals surface area contributed by atoms with Gasteiger partial charge in [0.25, 0.3) is 0 Å². The van der Waals surface area contributed by atoms with Crippen molar-refractivity contribution < 1.29 is 13.7 Å². The number of ether oxygens (including phenoxy) is 1. The zero-order valence-corrected chi connectivity index (χ0v) is 13.1. The summed E-state index contributed by atoms with van der Waals surface area (Å²) in [5.74, 6) is 1.12. The van der Waals surface area contributed by atoms with Crippen LogP contribution in [0.3, 0.4) is 0 Å². The Morgan fingerprint density at radius 1 is 1.32 bits per heavy atom. The number of ketones is 1. The van der Waals surface area contributed by atoms with Crippen LogP contribution in [0.25, 0.3) is 0 Å². The van der Waals surface area contributed by atoms with E-state index in [9.17, 15) is 9.00 Å². The van der Waals surface area contributed by atoms with Crippen LogP contribution in [0.15, 0.2) is 18.2 Å². The van der Waals surface area contributed by atoms with E-state index in [-0.39, 0.29) is 10.5 Å². The van der Waals surface area contributed by atoms with E-state index in [1.807, 2.05) is 27.7 Å². The fraction of sp³-hybridized carbons (Fsp3) is 0.533. The molecule has 106 valence electrons. The summed E-state index contributed by atoms with van der Waals surface area (Å²) in [5.41, 5.74) is 1.46. The topological polar surface area (TPSA) is 43.4 Å². The number of carbonyl (C=O) groups excluding carboxylic acids is 1. The Kier molecular flexibility index (Phi) is 5.29. The first-order chi connectivity index (χ1) is 8.75. The van der Waals surface area contributed by atoms with Crippen LogP contribution in [0, 0.1) is 0 Å². The van der Waals surface area contributed by atoms with Gasteiger partial charge in [0.15, 0.2) is 5.78 Å². The highest BCUT2D eigenvalue weighted by atomic mass is 32.2. The molecule has 0 fully saturated rings. The Labute approximate surface area is 117 Å². The average Bonchev–Trinajstić information content (AvgIpc) is 2.30. The van der Waals surface area contributed by atoms with Gasteiger partial charge in [-0.05, 0) is 52.8 Å². The maximum atomic E-state index is 12.2. The summed E-state index contributed by atoms with van der Waals surface area (Å²) in [7, 11) is -1.01. The second-order valence-electron chi connectivity index (χ2n) is 5.41. The van der Waals surface area contributed by atoms with Gasteiger partial charge in [-0.3, -0.25) is 9.00 Å². The van der Waals surface area contributed by atoms with Gasteiger partial charge >= 0.3 is 0 Å². The molecule has 0 aromatic heterocycles. The number of rotatable bonds is 5. The van der Waals surface area contributed by atoms with E-state index < -0.39 is 10.8 Å². The molecule has 19 heavy (non-hydrogen) atoms. The molecule has 0 radical (unpaired) electrons. The van der Waals surface area contributed by atoms with Crippen molar-refractivity contribution in [3.05, 3.63) is 29.3 Å². The molecule has 0 aliphatic rings. The molecule has 0 bridgehead atoms. The van der Waals surface area contributed by atoms with Crippen molar-refractivity contribution in [2.24, 2.45) is 0 Å². The number of hydrogen-bond donors (Lipinski definition) is 0. The van der Waals surface area contributed by atoms with Crippen LogP contribution in [0.1, 0.15) is 50.5 Å². The highest BCUT2D eigenvalue weighted by Crippen LogP contribution is 2.25. The molecular formula is C15H22O3S.